The van der Waals surface area contributed by atoms with Crippen molar-refractivity contribution in [3.63, 3.8) is 0 Å². The van der Waals surface area contributed by atoms with E-state index in [-0.39, 0.29) is 80.5 Å². The fourth-order valence-electron chi connectivity index (χ4n) is 11.2. The van der Waals surface area contributed by atoms with Gasteiger partial charge in [-0.2, -0.15) is 0 Å². The van der Waals surface area contributed by atoms with Crippen LogP contribution in [0.2, 0.25) is 0 Å². The maximum absolute atomic E-state index is 14.7. The van der Waals surface area contributed by atoms with Gasteiger partial charge in [-0.15, -0.1) is 12.3 Å². The average Bonchev–Trinajstić information content (AvgIpc) is 3.57. The van der Waals surface area contributed by atoms with Crippen LogP contribution in [0.4, 0.5) is 0 Å². The number of terminal acetylenes is 1. The molecule has 0 spiro atoms. The Morgan fingerprint density at radius 3 is 2.33 bits per heavy atom. The van der Waals surface area contributed by atoms with Crippen LogP contribution in [0.3, 0.4) is 0 Å². The lowest BCUT2D eigenvalue weighted by molar-refractivity contribution is -0.266. The topological polar surface area (TPSA) is 225 Å². The number of piperidine rings is 1. The Morgan fingerprint density at radius 2 is 1.67 bits per heavy atom. The first kappa shape index (κ1) is 66.8. The van der Waals surface area contributed by atoms with Gasteiger partial charge < -0.3 is 53.7 Å². The summed E-state index contributed by atoms with van der Waals surface area (Å²) in [4.78, 5) is 72.6. The summed E-state index contributed by atoms with van der Waals surface area (Å²) in [6, 6.07) is 7.91. The first-order chi connectivity index (χ1) is 37.6. The van der Waals surface area contributed by atoms with Crippen molar-refractivity contribution < 1.29 is 72.8 Å². The molecule has 1 saturated carbocycles. The van der Waals surface area contributed by atoms with Crippen LogP contribution >= 0.6 is 0 Å². The Hall–Kier alpha value is -4.67. The third kappa shape index (κ3) is 19.5. The molecule has 3 aliphatic rings. The number of nitrogens with zero attached hydrogens (tertiary/aromatic N) is 1. The van der Waals surface area contributed by atoms with Gasteiger partial charge in [0.1, 0.15) is 36.2 Å². The van der Waals surface area contributed by atoms with Crippen molar-refractivity contribution in [1.82, 2.24) is 4.90 Å². The van der Waals surface area contributed by atoms with Crippen LogP contribution in [-0.4, -0.2) is 150 Å². The highest BCUT2D eigenvalue weighted by atomic mass is 16.6. The number of hydrogen-bond acceptors (Lipinski definition) is 15. The minimum atomic E-state index is -2.53. The maximum atomic E-state index is 14.7. The highest BCUT2D eigenvalue weighted by Crippen LogP contribution is 2.38. The number of Topliss-reactive ketones (excluding diaryl/α,β-unsaturated/α-hetero) is 3. The molecule has 440 valence electrons. The molecule has 1 aliphatic carbocycles. The fraction of sp³-hybridized carbons (Fsp3) is 0.667. The quantitative estimate of drug-likeness (QED) is 0.0134. The van der Waals surface area contributed by atoms with E-state index < -0.39 is 83.9 Å². The van der Waals surface area contributed by atoms with Gasteiger partial charge in [0.2, 0.25) is 5.79 Å². The summed E-state index contributed by atoms with van der Waals surface area (Å²) < 4.78 is 36.3. The number of methoxy groups -OCH3 is 2. The number of hydrogen-bond donors (Lipinski definition) is 4. The number of likely N-dealkylation sites (tertiary alicyclic amines) is 1. The Morgan fingerprint density at radius 1 is 0.949 bits per heavy atom. The molecule has 16 heteroatoms. The van der Waals surface area contributed by atoms with Gasteiger partial charge >= 0.3 is 5.97 Å². The molecule has 2 aliphatic heterocycles. The zero-order valence-electron chi connectivity index (χ0n) is 48.5. The summed E-state index contributed by atoms with van der Waals surface area (Å²) >= 11 is 0. The molecule has 0 aromatic heterocycles. The van der Waals surface area contributed by atoms with Crippen molar-refractivity contribution in [3.8, 4) is 12.3 Å². The van der Waals surface area contributed by atoms with Crippen molar-refractivity contribution in [3.05, 3.63) is 84.0 Å². The van der Waals surface area contributed by atoms with Gasteiger partial charge in [-0.1, -0.05) is 102 Å². The molecule has 1 amide bonds. The van der Waals surface area contributed by atoms with E-state index in [1.807, 2.05) is 45.0 Å². The predicted octanol–water partition coefficient (Wildman–Crippen LogP) is 7.94. The smallest absolute Gasteiger partial charge is 0.329 e. The lowest BCUT2D eigenvalue weighted by Gasteiger charge is -2.43. The van der Waals surface area contributed by atoms with Crippen LogP contribution in [0.25, 0.3) is 0 Å². The normalized spacial score (nSPS) is 26.6. The number of aliphatic hydroxyl groups is 4. The van der Waals surface area contributed by atoms with Crippen LogP contribution in [0.15, 0.2) is 78.4 Å². The zero-order chi connectivity index (χ0) is 58.4. The molecule has 1 aromatic carbocycles. The number of carbonyl (C=O) groups is 5. The molecule has 0 radical (unpaired) electrons. The molecule has 4 rings (SSSR count). The second kappa shape index (κ2) is 33.3. The van der Waals surface area contributed by atoms with E-state index in [1.165, 1.54) is 12.0 Å². The number of carbonyl (C=O) groups excluding carboxylic acids is 5. The number of ketones is 3. The number of aliphatic hydroxyl groups excluding tert-OH is 3. The molecule has 16 nitrogen and oxygen atoms in total. The summed E-state index contributed by atoms with van der Waals surface area (Å²) in [5, 5.41) is 43.9. The summed E-state index contributed by atoms with van der Waals surface area (Å²) in [6.45, 7) is 16.5. The minimum Gasteiger partial charge on any atom is -0.460 e. The summed E-state index contributed by atoms with van der Waals surface area (Å²) in [5.41, 5.74) is 1.83. The molecule has 3 fully saturated rings. The van der Waals surface area contributed by atoms with Gasteiger partial charge in [-0.3, -0.25) is 19.2 Å². The van der Waals surface area contributed by atoms with Gasteiger partial charge in [-0.05, 0) is 113 Å². The van der Waals surface area contributed by atoms with Crippen LogP contribution in [-0.2, 0) is 52.4 Å². The Balaban J connectivity index is 1.56. The zero-order valence-corrected chi connectivity index (χ0v) is 48.5. The number of rotatable bonds is 32. The van der Waals surface area contributed by atoms with E-state index in [0.29, 0.717) is 75.5 Å². The first-order valence-electron chi connectivity index (χ1n) is 28.6. The molecule has 2 unspecified atom stereocenters. The number of amides is 1. The Kier molecular flexibility index (Phi) is 28.2. The standard InChI is InChI=1S/C63H93NO15/c1-12-14-16-22-41(4)54(77-39-52(67)48-23-17-15-18-24-48)37-49-28-26-46(9)63(73,79-49)60(70)61(71)64-30-20-19-25-50(64)62(72)78-55(43(6)35-47-27-29-53(56(36-47)74-10)76-32-21-31-65)38-51(66)42(5)34-45(8)58(69)59(75-11)57(68)44(7)33-40(3)13-2/h2,12,14-18,22-24,34,40,42-44,46-47,49-50,52-56,58-59,65,67,69,73H,1,19-21,25-33,35-39H2,3-11H3/b16-14+,41-22+,45-34+/t40-,42+,43+,44+,46+,47-,49-,50?,52+,53+,54?,55-,56+,58+,59-,63+/m0/s1. The monoisotopic (exact) mass is 1100 g/mol. The molecule has 2 saturated heterocycles. The molecule has 2 heterocycles. The van der Waals surface area contributed by atoms with E-state index in [1.54, 1.807) is 71.2 Å². The Bertz CT molecular complexity index is 2260. The van der Waals surface area contributed by atoms with Crippen molar-refractivity contribution in [1.29, 1.82) is 0 Å². The average molecular weight is 1100 g/mol. The van der Waals surface area contributed by atoms with Crippen molar-refractivity contribution in [2.24, 2.45) is 35.5 Å². The number of esters is 1. The second-order valence-electron chi connectivity index (χ2n) is 22.5. The molecular weight excluding hydrogens is 1010 g/mol. The SMILES string of the molecule is C#C[C@H](C)C[C@@H](C)C(=O)[C@H](OC)[C@H](O)/C(C)=C/[C@@H](C)C(=O)C[C@H](OC(=O)C1CCCCN1C(=O)C(=O)[C@]1(O)O[C@H](CC(OC[C@@H](O)c2ccccc2)/C(C)=C/C=C/C=C)CC[C@H]1C)[C@H](C)C[C@@H]1CC[C@@H](OCCCO)[C@H](OC)C1. The van der Waals surface area contributed by atoms with E-state index in [9.17, 15) is 44.4 Å². The molecule has 0 bridgehead atoms. The van der Waals surface area contributed by atoms with Crippen LogP contribution in [0.1, 0.15) is 144 Å². The largest absolute Gasteiger partial charge is 0.460 e. The van der Waals surface area contributed by atoms with Gasteiger partial charge in [0.25, 0.3) is 11.7 Å². The van der Waals surface area contributed by atoms with E-state index >= 15 is 0 Å². The predicted molar refractivity (Wildman–Crippen MR) is 301 cm³/mol. The highest BCUT2D eigenvalue weighted by molar-refractivity contribution is 6.39. The molecular formula is C63H93NO15. The molecule has 4 N–H and O–H groups in total. The van der Waals surface area contributed by atoms with Crippen molar-refractivity contribution >= 4 is 29.2 Å². The molecule has 79 heavy (non-hydrogen) atoms. The fourth-order valence-corrected chi connectivity index (χ4v) is 11.2. The number of allylic oxidation sites excluding steroid dienone is 5. The number of benzene rings is 1. The highest BCUT2D eigenvalue weighted by Gasteiger charge is 2.53. The van der Waals surface area contributed by atoms with Gasteiger partial charge in [0.15, 0.2) is 5.78 Å². The van der Waals surface area contributed by atoms with Gasteiger partial charge in [0, 0.05) is 70.5 Å². The van der Waals surface area contributed by atoms with E-state index in [0.717, 1.165) is 12.0 Å². The van der Waals surface area contributed by atoms with Crippen LogP contribution in [0.5, 0.6) is 0 Å². The van der Waals surface area contributed by atoms with Crippen molar-refractivity contribution in [2.75, 3.05) is 40.6 Å². The van der Waals surface area contributed by atoms with Crippen LogP contribution in [0, 0.1) is 47.9 Å². The summed E-state index contributed by atoms with van der Waals surface area (Å²) in [5.74, 6) is -6.05. The summed E-state index contributed by atoms with van der Waals surface area (Å²) in [6.07, 6.45) is 13.7. The molecule has 1 aromatic rings. The first-order valence-corrected chi connectivity index (χ1v) is 28.6. The Labute approximate surface area is 470 Å². The lowest BCUT2D eigenvalue weighted by Crippen LogP contribution is -2.61. The summed E-state index contributed by atoms with van der Waals surface area (Å²) in [7, 11) is 2.98. The third-order valence-corrected chi connectivity index (χ3v) is 16.3. The van der Waals surface area contributed by atoms with Gasteiger partial charge in [0.05, 0.1) is 31.0 Å². The van der Waals surface area contributed by atoms with Crippen LogP contribution < -0.4 is 0 Å². The minimum absolute atomic E-state index is 0.0192. The van der Waals surface area contributed by atoms with Crippen molar-refractivity contribution in [2.45, 2.75) is 193 Å². The van der Waals surface area contributed by atoms with Gasteiger partial charge in [-0.25, -0.2) is 4.79 Å². The lowest BCUT2D eigenvalue weighted by atomic mass is 9.78. The van der Waals surface area contributed by atoms with E-state index in [4.69, 9.17) is 34.8 Å². The van der Waals surface area contributed by atoms with E-state index in [2.05, 4.69) is 12.5 Å². The third-order valence-electron chi connectivity index (χ3n) is 16.3. The second-order valence-corrected chi connectivity index (χ2v) is 22.5. The maximum Gasteiger partial charge on any atom is 0.329 e. The molecule has 16 atom stereocenters. The number of ether oxygens (including phenoxy) is 6.